The van der Waals surface area contributed by atoms with Gasteiger partial charge in [-0.2, -0.15) is 0 Å². The molecule has 2 aromatic carbocycles. The Morgan fingerprint density at radius 3 is 1.34 bits per heavy atom. The van der Waals surface area contributed by atoms with Crippen LogP contribution in [-0.4, -0.2) is 38.2 Å². The number of aryl methyl sites for hydroxylation is 4. The largest absolute Gasteiger partial charge is 0.462 e. The van der Waals surface area contributed by atoms with Gasteiger partial charge in [-0.25, -0.2) is 9.59 Å². The van der Waals surface area contributed by atoms with E-state index in [-0.39, 0.29) is 11.9 Å². The molecule has 0 amide bonds. The zero-order chi connectivity index (χ0) is 21.2. The molecule has 0 aliphatic carbocycles. The monoisotopic (exact) mass is 397 g/mol. The number of hydrogen-bond donors (Lipinski definition) is 1. The van der Waals surface area contributed by atoms with Gasteiger partial charge in [-0.3, -0.25) is 0 Å². The van der Waals surface area contributed by atoms with Crippen molar-refractivity contribution < 1.29 is 19.1 Å². The van der Waals surface area contributed by atoms with Gasteiger partial charge in [-0.05, 0) is 77.9 Å². The Morgan fingerprint density at radius 1 is 0.655 bits per heavy atom. The third-order valence-electron chi connectivity index (χ3n) is 4.38. The molecule has 0 saturated heterocycles. The third kappa shape index (κ3) is 8.08. The van der Waals surface area contributed by atoms with Crippen LogP contribution in [0.15, 0.2) is 36.4 Å². The summed E-state index contributed by atoms with van der Waals surface area (Å²) in [7, 11) is 0. The van der Waals surface area contributed by atoms with Crippen LogP contribution >= 0.6 is 0 Å². The van der Waals surface area contributed by atoms with Crippen LogP contribution in [0.4, 0.5) is 0 Å². The SMILES string of the molecule is Cc1cc(C)cc(C(=O)OCCCNCCCOC(=O)c2cc(C)cc(C)c2)c1. The van der Waals surface area contributed by atoms with E-state index in [0.29, 0.717) is 24.3 Å². The lowest BCUT2D eigenvalue weighted by Crippen LogP contribution is -2.20. The van der Waals surface area contributed by atoms with Crippen molar-refractivity contribution in [3.8, 4) is 0 Å². The number of rotatable bonds is 10. The van der Waals surface area contributed by atoms with Crippen LogP contribution in [-0.2, 0) is 9.47 Å². The maximum absolute atomic E-state index is 12.1. The van der Waals surface area contributed by atoms with Crippen molar-refractivity contribution in [2.24, 2.45) is 0 Å². The van der Waals surface area contributed by atoms with Gasteiger partial charge in [0.15, 0.2) is 0 Å². The fraction of sp³-hybridized carbons (Fsp3) is 0.417. The average molecular weight is 398 g/mol. The lowest BCUT2D eigenvalue weighted by Gasteiger charge is -2.08. The molecular weight excluding hydrogens is 366 g/mol. The maximum Gasteiger partial charge on any atom is 0.338 e. The summed E-state index contributed by atoms with van der Waals surface area (Å²) in [5.74, 6) is -0.565. The fourth-order valence-corrected chi connectivity index (χ4v) is 3.20. The molecule has 2 rings (SSSR count). The summed E-state index contributed by atoms with van der Waals surface area (Å²) in [6.07, 6.45) is 1.47. The predicted molar refractivity (Wildman–Crippen MR) is 115 cm³/mol. The number of esters is 2. The Balaban J connectivity index is 1.54. The quantitative estimate of drug-likeness (QED) is 0.478. The second kappa shape index (κ2) is 11.4. The van der Waals surface area contributed by atoms with Crippen LogP contribution < -0.4 is 5.32 Å². The molecule has 5 heteroatoms. The predicted octanol–water partition coefficient (Wildman–Crippen LogP) is 4.30. The topological polar surface area (TPSA) is 64.6 Å². The first-order chi connectivity index (χ1) is 13.8. The highest BCUT2D eigenvalue weighted by atomic mass is 16.5. The number of hydrogen-bond acceptors (Lipinski definition) is 5. The highest BCUT2D eigenvalue weighted by Gasteiger charge is 2.09. The van der Waals surface area contributed by atoms with Gasteiger partial charge in [0.1, 0.15) is 0 Å². The summed E-state index contributed by atoms with van der Waals surface area (Å²) < 4.78 is 10.6. The first-order valence-corrected chi connectivity index (χ1v) is 10.1. The first-order valence-electron chi connectivity index (χ1n) is 10.1. The number of carbonyl (C=O) groups excluding carboxylic acids is 2. The van der Waals surface area contributed by atoms with Crippen LogP contribution in [0.1, 0.15) is 55.8 Å². The molecule has 0 aromatic heterocycles. The van der Waals surface area contributed by atoms with Crippen molar-refractivity contribution in [2.45, 2.75) is 40.5 Å². The minimum absolute atomic E-state index is 0.282. The van der Waals surface area contributed by atoms with Crippen molar-refractivity contribution in [3.63, 3.8) is 0 Å². The molecule has 0 radical (unpaired) electrons. The molecule has 0 spiro atoms. The molecule has 0 unspecified atom stereocenters. The van der Waals surface area contributed by atoms with Crippen molar-refractivity contribution in [3.05, 3.63) is 69.8 Å². The highest BCUT2D eigenvalue weighted by molar-refractivity contribution is 5.90. The van der Waals surface area contributed by atoms with Crippen molar-refractivity contribution >= 4 is 11.9 Å². The summed E-state index contributed by atoms with van der Waals surface area (Å²) in [4.78, 5) is 24.1. The molecule has 0 fully saturated rings. The number of carbonyl (C=O) groups is 2. The second-order valence-electron chi connectivity index (χ2n) is 7.48. The van der Waals surface area contributed by atoms with Gasteiger partial charge < -0.3 is 14.8 Å². The van der Waals surface area contributed by atoms with E-state index in [4.69, 9.17) is 9.47 Å². The van der Waals surface area contributed by atoms with E-state index in [0.717, 1.165) is 48.2 Å². The molecule has 0 heterocycles. The second-order valence-corrected chi connectivity index (χ2v) is 7.48. The van der Waals surface area contributed by atoms with Gasteiger partial charge in [0.25, 0.3) is 0 Å². The highest BCUT2D eigenvalue weighted by Crippen LogP contribution is 2.11. The Labute approximate surface area is 173 Å². The van der Waals surface area contributed by atoms with Gasteiger partial charge in [-0.15, -0.1) is 0 Å². The minimum Gasteiger partial charge on any atom is -0.462 e. The van der Waals surface area contributed by atoms with Crippen LogP contribution in [0, 0.1) is 27.7 Å². The number of nitrogens with one attached hydrogen (secondary N) is 1. The summed E-state index contributed by atoms with van der Waals surface area (Å²) >= 11 is 0. The van der Waals surface area contributed by atoms with Crippen molar-refractivity contribution in [2.75, 3.05) is 26.3 Å². The van der Waals surface area contributed by atoms with Crippen LogP contribution in [0.3, 0.4) is 0 Å². The summed E-state index contributed by atoms with van der Waals surface area (Å²) in [5, 5.41) is 3.27. The lowest BCUT2D eigenvalue weighted by atomic mass is 10.1. The van der Waals surface area contributed by atoms with Gasteiger partial charge in [-0.1, -0.05) is 34.4 Å². The summed E-state index contributed by atoms with van der Waals surface area (Å²) in [6.45, 7) is 10.1. The van der Waals surface area contributed by atoms with Gasteiger partial charge in [0.2, 0.25) is 0 Å². The molecule has 29 heavy (non-hydrogen) atoms. The van der Waals surface area contributed by atoms with Crippen molar-refractivity contribution in [1.82, 2.24) is 5.32 Å². The lowest BCUT2D eigenvalue weighted by molar-refractivity contribution is 0.0498. The Hall–Kier alpha value is -2.66. The van der Waals surface area contributed by atoms with Gasteiger partial charge in [0, 0.05) is 0 Å². The Bertz CT molecular complexity index is 735. The molecule has 0 aliphatic rings. The Kier molecular flexibility index (Phi) is 8.87. The van der Waals surface area contributed by atoms with Crippen LogP contribution in [0.5, 0.6) is 0 Å². The molecule has 1 N–H and O–H groups in total. The van der Waals surface area contributed by atoms with E-state index in [9.17, 15) is 9.59 Å². The standard InChI is InChI=1S/C24H31NO4/c1-17-11-18(2)14-21(13-17)23(26)28-9-5-7-25-8-6-10-29-24(27)22-15-19(3)12-20(4)16-22/h11-16,25H,5-10H2,1-4H3. The van der Waals surface area contributed by atoms with Crippen LogP contribution in [0.2, 0.25) is 0 Å². The van der Waals surface area contributed by atoms with E-state index in [1.54, 1.807) is 0 Å². The molecule has 0 saturated carbocycles. The van der Waals surface area contributed by atoms with E-state index in [1.807, 2.05) is 64.1 Å². The maximum atomic E-state index is 12.1. The number of ether oxygens (including phenoxy) is 2. The van der Waals surface area contributed by atoms with E-state index in [2.05, 4.69) is 5.32 Å². The first kappa shape index (κ1) is 22.6. The van der Waals surface area contributed by atoms with Crippen molar-refractivity contribution in [1.29, 1.82) is 0 Å². The molecule has 0 bridgehead atoms. The van der Waals surface area contributed by atoms with E-state index < -0.39 is 0 Å². The zero-order valence-corrected chi connectivity index (χ0v) is 17.8. The third-order valence-corrected chi connectivity index (χ3v) is 4.38. The molecular formula is C24H31NO4. The molecule has 2 aromatic rings. The minimum atomic E-state index is -0.282. The zero-order valence-electron chi connectivity index (χ0n) is 17.8. The van der Waals surface area contributed by atoms with Crippen LogP contribution in [0.25, 0.3) is 0 Å². The van der Waals surface area contributed by atoms with Gasteiger partial charge >= 0.3 is 11.9 Å². The summed E-state index contributed by atoms with van der Waals surface area (Å²) in [6, 6.07) is 11.4. The van der Waals surface area contributed by atoms with E-state index >= 15 is 0 Å². The average Bonchev–Trinajstić information content (AvgIpc) is 2.64. The number of benzene rings is 2. The molecule has 5 nitrogen and oxygen atoms in total. The normalized spacial score (nSPS) is 10.6. The smallest absolute Gasteiger partial charge is 0.338 e. The van der Waals surface area contributed by atoms with E-state index in [1.165, 1.54) is 0 Å². The Morgan fingerprint density at radius 2 is 1.00 bits per heavy atom. The fourth-order valence-electron chi connectivity index (χ4n) is 3.20. The molecule has 0 aliphatic heterocycles. The molecule has 156 valence electrons. The molecule has 0 atom stereocenters. The van der Waals surface area contributed by atoms with Gasteiger partial charge in [0.05, 0.1) is 24.3 Å². The summed E-state index contributed by atoms with van der Waals surface area (Å²) in [5.41, 5.74) is 5.41.